The van der Waals surface area contributed by atoms with Gasteiger partial charge in [-0.05, 0) is 25.0 Å². The minimum atomic E-state index is -0.675. The van der Waals surface area contributed by atoms with Crippen LogP contribution in [0.5, 0.6) is 0 Å². The van der Waals surface area contributed by atoms with Gasteiger partial charge in [-0.3, -0.25) is 4.79 Å². The number of anilines is 2. The number of hydrogen-bond acceptors (Lipinski definition) is 4. The standard InChI is InChI=1S/C12H16FN3O2/c13-9-6-10(14)8(12(15)18)5-11(9)16-3-1-7(17)2-4-16/h5-7,17H,1-4,14H2,(H2,15,18). The zero-order valence-electron chi connectivity index (χ0n) is 9.90. The molecule has 1 saturated heterocycles. The van der Waals surface area contributed by atoms with Crippen molar-refractivity contribution in [2.24, 2.45) is 5.73 Å². The maximum Gasteiger partial charge on any atom is 0.250 e. The number of nitrogens with zero attached hydrogens (tertiary/aromatic N) is 1. The lowest BCUT2D eigenvalue weighted by molar-refractivity contribution is 0.100. The van der Waals surface area contributed by atoms with Gasteiger partial charge in [0.2, 0.25) is 0 Å². The van der Waals surface area contributed by atoms with Crippen LogP contribution in [0.15, 0.2) is 12.1 Å². The number of benzene rings is 1. The molecule has 1 aliphatic rings. The minimum Gasteiger partial charge on any atom is -0.398 e. The fourth-order valence-electron chi connectivity index (χ4n) is 2.14. The third-order valence-corrected chi connectivity index (χ3v) is 3.19. The molecule has 5 N–H and O–H groups in total. The average molecular weight is 253 g/mol. The van der Waals surface area contributed by atoms with Gasteiger partial charge in [0.05, 0.1) is 17.4 Å². The third-order valence-electron chi connectivity index (χ3n) is 3.19. The number of amides is 1. The predicted molar refractivity (Wildman–Crippen MR) is 66.8 cm³/mol. The van der Waals surface area contributed by atoms with Gasteiger partial charge in [0.25, 0.3) is 5.91 Å². The van der Waals surface area contributed by atoms with Gasteiger partial charge in [-0.1, -0.05) is 0 Å². The number of rotatable bonds is 2. The molecule has 1 aliphatic heterocycles. The summed E-state index contributed by atoms with van der Waals surface area (Å²) in [5, 5.41) is 9.42. The number of nitrogen functional groups attached to an aromatic ring is 1. The van der Waals surface area contributed by atoms with E-state index in [9.17, 15) is 14.3 Å². The van der Waals surface area contributed by atoms with Crippen LogP contribution < -0.4 is 16.4 Å². The smallest absolute Gasteiger partial charge is 0.250 e. The van der Waals surface area contributed by atoms with Crippen molar-refractivity contribution in [3.05, 3.63) is 23.5 Å². The molecule has 0 radical (unpaired) electrons. The van der Waals surface area contributed by atoms with E-state index in [4.69, 9.17) is 11.5 Å². The van der Waals surface area contributed by atoms with E-state index >= 15 is 0 Å². The molecule has 0 unspecified atom stereocenters. The summed E-state index contributed by atoms with van der Waals surface area (Å²) in [5.41, 5.74) is 11.2. The number of aliphatic hydroxyl groups is 1. The molecule has 6 heteroatoms. The van der Waals surface area contributed by atoms with E-state index in [1.807, 2.05) is 0 Å². The number of hydrogen-bond donors (Lipinski definition) is 3. The first-order valence-corrected chi connectivity index (χ1v) is 5.81. The van der Waals surface area contributed by atoms with E-state index < -0.39 is 11.7 Å². The van der Waals surface area contributed by atoms with E-state index in [1.165, 1.54) is 6.07 Å². The molecule has 1 amide bonds. The Balaban J connectivity index is 2.32. The number of aliphatic hydroxyl groups excluding tert-OH is 1. The molecule has 0 saturated carbocycles. The molecule has 1 heterocycles. The maximum atomic E-state index is 13.8. The van der Waals surface area contributed by atoms with Crippen LogP contribution in [0.25, 0.3) is 0 Å². The maximum absolute atomic E-state index is 13.8. The van der Waals surface area contributed by atoms with Crippen molar-refractivity contribution < 1.29 is 14.3 Å². The number of piperidine rings is 1. The molecule has 0 aromatic heterocycles. The Morgan fingerprint density at radius 1 is 1.39 bits per heavy atom. The molecule has 0 atom stereocenters. The Kier molecular flexibility index (Phi) is 3.38. The first kappa shape index (κ1) is 12.6. The molecule has 98 valence electrons. The lowest BCUT2D eigenvalue weighted by Crippen LogP contribution is -2.36. The summed E-state index contributed by atoms with van der Waals surface area (Å²) in [6.45, 7) is 1.08. The van der Waals surface area contributed by atoms with Crippen LogP contribution in [0, 0.1) is 5.82 Å². The molecule has 1 fully saturated rings. The zero-order chi connectivity index (χ0) is 13.3. The first-order valence-electron chi connectivity index (χ1n) is 5.81. The molecule has 0 aliphatic carbocycles. The summed E-state index contributed by atoms with van der Waals surface area (Å²) in [5.74, 6) is -1.15. The molecule has 0 spiro atoms. The molecule has 1 aromatic rings. The molecular formula is C12H16FN3O2. The normalized spacial score (nSPS) is 16.9. The second-order valence-electron chi connectivity index (χ2n) is 4.47. The summed E-state index contributed by atoms with van der Waals surface area (Å²) < 4.78 is 13.8. The van der Waals surface area contributed by atoms with Crippen molar-refractivity contribution in [3.8, 4) is 0 Å². The summed E-state index contributed by atoms with van der Waals surface area (Å²) in [4.78, 5) is 13.0. The Hall–Kier alpha value is -1.82. The number of primary amides is 1. The summed E-state index contributed by atoms with van der Waals surface area (Å²) in [6.07, 6.45) is 0.819. The van der Waals surface area contributed by atoms with E-state index in [0.29, 0.717) is 31.6 Å². The summed E-state index contributed by atoms with van der Waals surface area (Å²) in [7, 11) is 0. The lowest BCUT2D eigenvalue weighted by Gasteiger charge is -2.32. The molecule has 2 rings (SSSR count). The Bertz CT molecular complexity index is 471. The van der Waals surface area contributed by atoms with Crippen molar-refractivity contribution in [1.82, 2.24) is 0 Å². The Morgan fingerprint density at radius 2 is 2.00 bits per heavy atom. The van der Waals surface area contributed by atoms with Gasteiger partial charge in [0, 0.05) is 18.8 Å². The highest BCUT2D eigenvalue weighted by Crippen LogP contribution is 2.27. The van der Waals surface area contributed by atoms with Gasteiger partial charge < -0.3 is 21.5 Å². The van der Waals surface area contributed by atoms with Gasteiger partial charge in [-0.15, -0.1) is 0 Å². The largest absolute Gasteiger partial charge is 0.398 e. The van der Waals surface area contributed by atoms with Gasteiger partial charge in [0.15, 0.2) is 0 Å². The highest BCUT2D eigenvalue weighted by molar-refractivity contribution is 5.99. The van der Waals surface area contributed by atoms with Crippen LogP contribution in [0.2, 0.25) is 0 Å². The summed E-state index contributed by atoms with van der Waals surface area (Å²) >= 11 is 0. The van der Waals surface area contributed by atoms with Gasteiger partial charge in [-0.2, -0.15) is 0 Å². The average Bonchev–Trinajstić information content (AvgIpc) is 2.30. The predicted octanol–water partition coefficient (Wildman–Crippen LogP) is 0.468. The SMILES string of the molecule is NC(=O)c1cc(N2CCC(O)CC2)c(F)cc1N. The fourth-order valence-corrected chi connectivity index (χ4v) is 2.14. The fraction of sp³-hybridized carbons (Fsp3) is 0.417. The molecule has 5 nitrogen and oxygen atoms in total. The highest BCUT2D eigenvalue weighted by atomic mass is 19.1. The van der Waals surface area contributed by atoms with E-state index in [1.54, 1.807) is 4.90 Å². The topological polar surface area (TPSA) is 92.6 Å². The van der Waals surface area contributed by atoms with Gasteiger partial charge in [0.1, 0.15) is 5.82 Å². The number of halogens is 1. The van der Waals surface area contributed by atoms with E-state index in [2.05, 4.69) is 0 Å². The highest BCUT2D eigenvalue weighted by Gasteiger charge is 2.21. The van der Waals surface area contributed by atoms with E-state index in [-0.39, 0.29) is 17.4 Å². The number of carbonyl (C=O) groups is 1. The Labute approximate surface area is 104 Å². The van der Waals surface area contributed by atoms with Crippen LogP contribution >= 0.6 is 0 Å². The van der Waals surface area contributed by atoms with Gasteiger partial charge >= 0.3 is 0 Å². The first-order chi connectivity index (χ1) is 8.49. The molecule has 18 heavy (non-hydrogen) atoms. The number of carbonyl (C=O) groups excluding carboxylic acids is 1. The lowest BCUT2D eigenvalue weighted by atomic mass is 10.1. The van der Waals surface area contributed by atoms with Crippen molar-refractivity contribution in [2.75, 3.05) is 23.7 Å². The number of nitrogens with two attached hydrogens (primary N) is 2. The van der Waals surface area contributed by atoms with Crippen molar-refractivity contribution in [1.29, 1.82) is 0 Å². The second kappa shape index (κ2) is 4.81. The quantitative estimate of drug-likeness (QED) is 0.668. The van der Waals surface area contributed by atoms with Crippen LogP contribution in [-0.4, -0.2) is 30.2 Å². The summed E-state index contributed by atoms with van der Waals surface area (Å²) in [6, 6.07) is 2.49. The van der Waals surface area contributed by atoms with Gasteiger partial charge in [-0.25, -0.2) is 4.39 Å². The van der Waals surface area contributed by atoms with Crippen LogP contribution in [0.3, 0.4) is 0 Å². The van der Waals surface area contributed by atoms with Crippen LogP contribution in [0.1, 0.15) is 23.2 Å². The minimum absolute atomic E-state index is 0.0424. The van der Waals surface area contributed by atoms with Crippen LogP contribution in [-0.2, 0) is 0 Å². The second-order valence-corrected chi connectivity index (χ2v) is 4.47. The Morgan fingerprint density at radius 3 is 2.56 bits per heavy atom. The molecule has 1 aromatic carbocycles. The molecular weight excluding hydrogens is 237 g/mol. The third kappa shape index (κ3) is 2.38. The molecule has 0 bridgehead atoms. The zero-order valence-corrected chi connectivity index (χ0v) is 9.90. The monoisotopic (exact) mass is 253 g/mol. The van der Waals surface area contributed by atoms with Crippen molar-refractivity contribution in [3.63, 3.8) is 0 Å². The van der Waals surface area contributed by atoms with E-state index in [0.717, 1.165) is 6.07 Å². The van der Waals surface area contributed by atoms with Crippen molar-refractivity contribution in [2.45, 2.75) is 18.9 Å². The van der Waals surface area contributed by atoms with Crippen LogP contribution in [0.4, 0.5) is 15.8 Å². The van der Waals surface area contributed by atoms with Crippen molar-refractivity contribution >= 4 is 17.3 Å².